The Morgan fingerprint density at radius 2 is 2.00 bits per heavy atom. The van der Waals surface area contributed by atoms with Crippen molar-refractivity contribution in [1.82, 2.24) is 15.1 Å². The zero-order valence-corrected chi connectivity index (χ0v) is 13.9. The zero-order chi connectivity index (χ0) is 17.3. The molecule has 0 bridgehead atoms. The van der Waals surface area contributed by atoms with Gasteiger partial charge in [-0.15, -0.1) is 0 Å². The standard InChI is InChI=1S/C18H21N3O3/c1-11-6-7-13(9-12(11)2)14-10-15(20-19-14)17(22)21-8-4-3-5-16(21)18(23)24/h6-7,9-10,16H,3-5,8H2,1-2H3,(H,19,20)(H,23,24). The quantitative estimate of drug-likeness (QED) is 0.907. The van der Waals surface area contributed by atoms with Crippen LogP contribution < -0.4 is 0 Å². The van der Waals surface area contributed by atoms with Crippen molar-refractivity contribution >= 4 is 11.9 Å². The summed E-state index contributed by atoms with van der Waals surface area (Å²) in [6.45, 7) is 4.54. The summed E-state index contributed by atoms with van der Waals surface area (Å²) < 4.78 is 0. The van der Waals surface area contributed by atoms with Crippen LogP contribution in [0.4, 0.5) is 0 Å². The van der Waals surface area contributed by atoms with Gasteiger partial charge in [-0.3, -0.25) is 9.89 Å². The Bertz CT molecular complexity index is 782. The van der Waals surface area contributed by atoms with Gasteiger partial charge in [0.25, 0.3) is 5.91 Å². The van der Waals surface area contributed by atoms with Gasteiger partial charge in [0.2, 0.25) is 0 Å². The molecule has 6 nitrogen and oxygen atoms in total. The zero-order valence-electron chi connectivity index (χ0n) is 13.9. The fraction of sp³-hybridized carbons (Fsp3) is 0.389. The third-order valence-electron chi connectivity index (χ3n) is 4.66. The fourth-order valence-corrected chi connectivity index (χ4v) is 3.07. The molecule has 2 heterocycles. The minimum Gasteiger partial charge on any atom is -0.480 e. The van der Waals surface area contributed by atoms with Gasteiger partial charge in [-0.25, -0.2) is 4.79 Å². The highest BCUT2D eigenvalue weighted by Gasteiger charge is 2.33. The van der Waals surface area contributed by atoms with Crippen molar-refractivity contribution in [2.24, 2.45) is 0 Å². The van der Waals surface area contributed by atoms with Gasteiger partial charge in [-0.05, 0) is 56.4 Å². The van der Waals surface area contributed by atoms with Crippen molar-refractivity contribution in [3.05, 3.63) is 41.1 Å². The molecule has 0 radical (unpaired) electrons. The number of hydrogen-bond donors (Lipinski definition) is 2. The average molecular weight is 327 g/mol. The molecule has 1 aromatic heterocycles. The number of rotatable bonds is 3. The number of aliphatic carboxylic acids is 1. The van der Waals surface area contributed by atoms with Crippen LogP contribution in [-0.4, -0.2) is 44.7 Å². The van der Waals surface area contributed by atoms with Gasteiger partial charge in [0.1, 0.15) is 11.7 Å². The highest BCUT2D eigenvalue weighted by molar-refractivity contribution is 5.96. The lowest BCUT2D eigenvalue weighted by atomic mass is 10.0. The third kappa shape index (κ3) is 3.04. The second-order valence-electron chi connectivity index (χ2n) is 6.31. The van der Waals surface area contributed by atoms with Gasteiger partial charge in [0.15, 0.2) is 0 Å². The Balaban J connectivity index is 1.85. The van der Waals surface area contributed by atoms with E-state index < -0.39 is 12.0 Å². The van der Waals surface area contributed by atoms with Crippen molar-refractivity contribution in [2.75, 3.05) is 6.54 Å². The number of hydrogen-bond acceptors (Lipinski definition) is 3. The van der Waals surface area contributed by atoms with Crippen LogP contribution in [0.15, 0.2) is 24.3 Å². The predicted molar refractivity (Wildman–Crippen MR) is 89.8 cm³/mol. The van der Waals surface area contributed by atoms with Gasteiger partial charge in [-0.2, -0.15) is 5.10 Å². The number of carbonyl (C=O) groups excluding carboxylic acids is 1. The van der Waals surface area contributed by atoms with E-state index in [1.54, 1.807) is 6.07 Å². The molecule has 6 heteroatoms. The first-order chi connectivity index (χ1) is 11.5. The minimum absolute atomic E-state index is 0.301. The molecule has 1 saturated heterocycles. The fourth-order valence-electron chi connectivity index (χ4n) is 3.07. The normalized spacial score (nSPS) is 17.8. The number of benzene rings is 1. The summed E-state index contributed by atoms with van der Waals surface area (Å²) in [6, 6.07) is 6.96. The van der Waals surface area contributed by atoms with Crippen molar-refractivity contribution in [3.63, 3.8) is 0 Å². The maximum atomic E-state index is 12.7. The maximum Gasteiger partial charge on any atom is 0.326 e. The Hall–Kier alpha value is -2.63. The number of aromatic nitrogens is 2. The van der Waals surface area contributed by atoms with Crippen LogP contribution >= 0.6 is 0 Å². The van der Waals surface area contributed by atoms with Crippen LogP contribution in [0.5, 0.6) is 0 Å². The van der Waals surface area contributed by atoms with E-state index in [0.717, 1.165) is 24.0 Å². The number of carboxylic acid groups (broad SMARTS) is 1. The maximum absolute atomic E-state index is 12.7. The lowest BCUT2D eigenvalue weighted by molar-refractivity contribution is -0.143. The third-order valence-corrected chi connectivity index (χ3v) is 4.66. The number of nitrogens with one attached hydrogen (secondary N) is 1. The summed E-state index contributed by atoms with van der Waals surface area (Å²) in [5.41, 5.74) is 4.30. The van der Waals surface area contributed by atoms with Crippen molar-refractivity contribution in [2.45, 2.75) is 39.2 Å². The molecule has 0 saturated carbocycles. The van der Waals surface area contributed by atoms with E-state index in [0.29, 0.717) is 24.4 Å². The Morgan fingerprint density at radius 3 is 2.71 bits per heavy atom. The second kappa shape index (κ2) is 6.47. The Kier molecular flexibility index (Phi) is 4.38. The SMILES string of the molecule is Cc1ccc(-c2cc(C(=O)N3CCCCC3C(=O)O)[nH]n2)cc1C. The van der Waals surface area contributed by atoms with E-state index in [2.05, 4.69) is 10.2 Å². The van der Waals surface area contributed by atoms with Crippen LogP contribution in [0.3, 0.4) is 0 Å². The molecule has 126 valence electrons. The van der Waals surface area contributed by atoms with E-state index in [1.807, 2.05) is 32.0 Å². The number of aromatic amines is 1. The molecule has 1 aliphatic rings. The van der Waals surface area contributed by atoms with Crippen molar-refractivity contribution < 1.29 is 14.7 Å². The predicted octanol–water partition coefficient (Wildman–Crippen LogP) is 2.77. The van der Waals surface area contributed by atoms with Crippen molar-refractivity contribution in [1.29, 1.82) is 0 Å². The number of piperidine rings is 1. The first-order valence-electron chi connectivity index (χ1n) is 8.14. The van der Waals surface area contributed by atoms with Crippen LogP contribution in [-0.2, 0) is 4.79 Å². The number of H-pyrrole nitrogens is 1. The average Bonchev–Trinajstić information content (AvgIpc) is 3.06. The number of nitrogens with zero attached hydrogens (tertiary/aromatic N) is 2. The van der Waals surface area contributed by atoms with Crippen LogP contribution in [0.2, 0.25) is 0 Å². The molecule has 1 fully saturated rings. The largest absolute Gasteiger partial charge is 0.480 e. The molecule has 0 aliphatic carbocycles. The van der Waals surface area contributed by atoms with Gasteiger partial charge in [-0.1, -0.05) is 12.1 Å². The Labute approximate surface area is 140 Å². The first kappa shape index (κ1) is 16.2. The molecule has 1 atom stereocenters. The van der Waals surface area contributed by atoms with Crippen LogP contribution in [0.25, 0.3) is 11.3 Å². The molecule has 1 unspecified atom stereocenters. The molecule has 0 spiro atoms. The smallest absolute Gasteiger partial charge is 0.326 e. The van der Waals surface area contributed by atoms with Crippen molar-refractivity contribution in [3.8, 4) is 11.3 Å². The van der Waals surface area contributed by atoms with E-state index in [-0.39, 0.29) is 5.91 Å². The molecule has 3 rings (SSSR count). The summed E-state index contributed by atoms with van der Waals surface area (Å²) >= 11 is 0. The summed E-state index contributed by atoms with van der Waals surface area (Å²) in [4.78, 5) is 25.5. The van der Waals surface area contributed by atoms with Crippen LogP contribution in [0.1, 0.15) is 40.9 Å². The number of likely N-dealkylation sites (tertiary alicyclic amines) is 1. The molecule has 1 aromatic carbocycles. The second-order valence-corrected chi connectivity index (χ2v) is 6.31. The number of aryl methyl sites for hydroxylation is 2. The lowest BCUT2D eigenvalue weighted by Gasteiger charge is -2.32. The number of carbonyl (C=O) groups is 2. The van der Waals surface area contributed by atoms with E-state index >= 15 is 0 Å². The first-order valence-corrected chi connectivity index (χ1v) is 8.14. The van der Waals surface area contributed by atoms with E-state index in [9.17, 15) is 14.7 Å². The molecular formula is C18H21N3O3. The molecule has 2 N–H and O–H groups in total. The molecule has 24 heavy (non-hydrogen) atoms. The molecule has 1 amide bonds. The molecular weight excluding hydrogens is 306 g/mol. The van der Waals surface area contributed by atoms with Gasteiger partial charge in [0.05, 0.1) is 5.69 Å². The monoisotopic (exact) mass is 327 g/mol. The molecule has 2 aromatic rings. The topological polar surface area (TPSA) is 86.3 Å². The lowest BCUT2D eigenvalue weighted by Crippen LogP contribution is -2.48. The van der Waals surface area contributed by atoms with Gasteiger partial charge >= 0.3 is 5.97 Å². The Morgan fingerprint density at radius 1 is 1.21 bits per heavy atom. The molecule has 1 aliphatic heterocycles. The summed E-state index contributed by atoms with van der Waals surface area (Å²) in [5, 5.41) is 16.3. The summed E-state index contributed by atoms with van der Waals surface area (Å²) in [6.07, 6.45) is 2.16. The highest BCUT2D eigenvalue weighted by Crippen LogP contribution is 2.23. The van der Waals surface area contributed by atoms with E-state index in [4.69, 9.17) is 0 Å². The van der Waals surface area contributed by atoms with Crippen LogP contribution in [0, 0.1) is 13.8 Å². The highest BCUT2D eigenvalue weighted by atomic mass is 16.4. The van der Waals surface area contributed by atoms with E-state index in [1.165, 1.54) is 10.5 Å². The number of carboxylic acids is 1. The van der Waals surface area contributed by atoms with Gasteiger partial charge < -0.3 is 10.0 Å². The summed E-state index contributed by atoms with van der Waals surface area (Å²) in [5.74, 6) is -1.25. The summed E-state index contributed by atoms with van der Waals surface area (Å²) in [7, 11) is 0. The number of amides is 1. The minimum atomic E-state index is -0.947. The van der Waals surface area contributed by atoms with Gasteiger partial charge in [0, 0.05) is 12.1 Å².